The predicted molar refractivity (Wildman–Crippen MR) is 78.2 cm³/mol. The van der Waals surface area contributed by atoms with Gasteiger partial charge in [0.05, 0.1) is 18.0 Å². The number of nitrogens with one attached hydrogen (secondary N) is 1. The first kappa shape index (κ1) is 13.2. The molecule has 1 aromatic heterocycles. The minimum absolute atomic E-state index is 0.661. The molecule has 0 saturated carbocycles. The Balaban J connectivity index is 2.34. The van der Waals surface area contributed by atoms with Gasteiger partial charge in [-0.25, -0.2) is 4.98 Å². The van der Waals surface area contributed by atoms with E-state index in [4.69, 9.17) is 4.74 Å². The van der Waals surface area contributed by atoms with E-state index in [9.17, 15) is 0 Å². The maximum absolute atomic E-state index is 5.53. The van der Waals surface area contributed by atoms with Crippen LogP contribution in [0.4, 0.5) is 5.95 Å². The SMILES string of the molecule is C=CCNc1nc(C)cn1-c1cccc(OCC)c1. The van der Waals surface area contributed by atoms with Crippen molar-refractivity contribution in [3.63, 3.8) is 0 Å². The van der Waals surface area contributed by atoms with Gasteiger partial charge in [0.2, 0.25) is 5.95 Å². The molecule has 2 aromatic rings. The van der Waals surface area contributed by atoms with Crippen molar-refractivity contribution in [3.8, 4) is 11.4 Å². The molecule has 1 heterocycles. The molecule has 0 aliphatic heterocycles. The number of nitrogens with zero attached hydrogens (tertiary/aromatic N) is 2. The molecule has 100 valence electrons. The number of anilines is 1. The van der Waals surface area contributed by atoms with Crippen LogP contribution in [-0.2, 0) is 0 Å². The highest BCUT2D eigenvalue weighted by Crippen LogP contribution is 2.21. The Hall–Kier alpha value is -2.23. The average Bonchev–Trinajstić information content (AvgIpc) is 2.78. The molecule has 0 saturated heterocycles. The maximum Gasteiger partial charge on any atom is 0.207 e. The molecule has 0 amide bonds. The zero-order valence-electron chi connectivity index (χ0n) is 11.4. The summed E-state index contributed by atoms with van der Waals surface area (Å²) in [5.74, 6) is 1.67. The highest BCUT2D eigenvalue weighted by Gasteiger charge is 2.07. The van der Waals surface area contributed by atoms with E-state index < -0.39 is 0 Å². The van der Waals surface area contributed by atoms with Crippen LogP contribution in [0.3, 0.4) is 0 Å². The van der Waals surface area contributed by atoms with Crippen molar-refractivity contribution in [1.29, 1.82) is 0 Å². The highest BCUT2D eigenvalue weighted by atomic mass is 16.5. The van der Waals surface area contributed by atoms with Gasteiger partial charge < -0.3 is 10.1 Å². The van der Waals surface area contributed by atoms with E-state index in [0.29, 0.717) is 13.2 Å². The number of aromatic nitrogens is 2. The molecule has 0 atom stereocenters. The molecular weight excluding hydrogens is 238 g/mol. The molecule has 0 unspecified atom stereocenters. The van der Waals surface area contributed by atoms with E-state index in [-0.39, 0.29) is 0 Å². The van der Waals surface area contributed by atoms with Crippen LogP contribution in [-0.4, -0.2) is 22.7 Å². The average molecular weight is 257 g/mol. The Labute approximate surface area is 113 Å². The standard InChI is InChI=1S/C15H19N3O/c1-4-9-16-15-17-12(3)11-18(15)13-7-6-8-14(10-13)19-5-2/h4,6-8,10-11H,1,5,9H2,2-3H3,(H,16,17). The Morgan fingerprint density at radius 1 is 1.47 bits per heavy atom. The van der Waals surface area contributed by atoms with E-state index in [1.165, 1.54) is 0 Å². The quantitative estimate of drug-likeness (QED) is 0.808. The summed E-state index contributed by atoms with van der Waals surface area (Å²) in [6.07, 6.45) is 3.81. The predicted octanol–water partition coefficient (Wildman–Crippen LogP) is 3.18. The number of hydrogen-bond acceptors (Lipinski definition) is 3. The lowest BCUT2D eigenvalue weighted by Crippen LogP contribution is -2.05. The first-order valence-corrected chi connectivity index (χ1v) is 6.38. The number of hydrogen-bond donors (Lipinski definition) is 1. The second-order valence-corrected chi connectivity index (χ2v) is 4.18. The van der Waals surface area contributed by atoms with E-state index in [0.717, 1.165) is 23.1 Å². The number of imidazole rings is 1. The van der Waals surface area contributed by atoms with Crippen molar-refractivity contribution < 1.29 is 4.74 Å². The molecule has 2 rings (SSSR count). The Bertz CT molecular complexity index is 560. The van der Waals surface area contributed by atoms with Gasteiger partial charge in [-0.05, 0) is 26.0 Å². The fraction of sp³-hybridized carbons (Fsp3) is 0.267. The molecule has 0 aliphatic carbocycles. The van der Waals surface area contributed by atoms with Crippen LogP contribution in [0.1, 0.15) is 12.6 Å². The zero-order valence-corrected chi connectivity index (χ0v) is 11.4. The molecule has 19 heavy (non-hydrogen) atoms. The van der Waals surface area contributed by atoms with Crippen LogP contribution >= 0.6 is 0 Å². The van der Waals surface area contributed by atoms with Crippen LogP contribution in [0.15, 0.2) is 43.1 Å². The van der Waals surface area contributed by atoms with Gasteiger partial charge in [0.1, 0.15) is 5.75 Å². The summed E-state index contributed by atoms with van der Waals surface area (Å²) in [5.41, 5.74) is 1.99. The van der Waals surface area contributed by atoms with Crippen molar-refractivity contribution in [2.75, 3.05) is 18.5 Å². The lowest BCUT2D eigenvalue weighted by Gasteiger charge is -2.10. The van der Waals surface area contributed by atoms with Crippen molar-refractivity contribution in [2.45, 2.75) is 13.8 Å². The number of aryl methyl sites for hydroxylation is 1. The van der Waals surface area contributed by atoms with Crippen LogP contribution in [0.2, 0.25) is 0 Å². The van der Waals surface area contributed by atoms with E-state index in [1.54, 1.807) is 0 Å². The minimum Gasteiger partial charge on any atom is -0.494 e. The van der Waals surface area contributed by atoms with Crippen molar-refractivity contribution in [1.82, 2.24) is 9.55 Å². The first-order valence-electron chi connectivity index (χ1n) is 6.38. The van der Waals surface area contributed by atoms with Crippen LogP contribution in [0, 0.1) is 6.92 Å². The summed E-state index contributed by atoms with van der Waals surface area (Å²) < 4.78 is 7.54. The number of benzene rings is 1. The van der Waals surface area contributed by atoms with Crippen molar-refractivity contribution in [3.05, 3.63) is 48.8 Å². The third kappa shape index (κ3) is 3.16. The van der Waals surface area contributed by atoms with Gasteiger partial charge in [0, 0.05) is 18.8 Å². The summed E-state index contributed by atoms with van der Waals surface area (Å²) in [7, 11) is 0. The van der Waals surface area contributed by atoms with E-state index >= 15 is 0 Å². The molecule has 0 spiro atoms. The monoisotopic (exact) mass is 257 g/mol. The van der Waals surface area contributed by atoms with Crippen LogP contribution in [0.5, 0.6) is 5.75 Å². The molecule has 1 aromatic carbocycles. The minimum atomic E-state index is 0.661. The van der Waals surface area contributed by atoms with Crippen LogP contribution < -0.4 is 10.1 Å². The summed E-state index contributed by atoms with van der Waals surface area (Å²) >= 11 is 0. The molecule has 0 aliphatic rings. The maximum atomic E-state index is 5.53. The van der Waals surface area contributed by atoms with Gasteiger partial charge in [0.15, 0.2) is 0 Å². The smallest absolute Gasteiger partial charge is 0.207 e. The van der Waals surface area contributed by atoms with Gasteiger partial charge in [0.25, 0.3) is 0 Å². The van der Waals surface area contributed by atoms with Gasteiger partial charge in [-0.2, -0.15) is 0 Å². The Kier molecular flexibility index (Phi) is 4.23. The fourth-order valence-electron chi connectivity index (χ4n) is 1.87. The largest absolute Gasteiger partial charge is 0.494 e. The van der Waals surface area contributed by atoms with E-state index in [1.807, 2.05) is 55.0 Å². The molecule has 0 radical (unpaired) electrons. The second-order valence-electron chi connectivity index (χ2n) is 4.18. The highest BCUT2D eigenvalue weighted by molar-refractivity contribution is 5.46. The number of rotatable bonds is 6. The first-order chi connectivity index (χ1) is 9.24. The molecule has 1 N–H and O–H groups in total. The summed E-state index contributed by atoms with van der Waals surface area (Å²) in [4.78, 5) is 4.46. The second kappa shape index (κ2) is 6.09. The summed E-state index contributed by atoms with van der Waals surface area (Å²) in [6, 6.07) is 7.97. The normalized spacial score (nSPS) is 10.2. The molecule has 0 fully saturated rings. The van der Waals surface area contributed by atoms with Gasteiger partial charge in [-0.1, -0.05) is 12.1 Å². The Morgan fingerprint density at radius 2 is 2.32 bits per heavy atom. The molecule has 0 bridgehead atoms. The van der Waals surface area contributed by atoms with Gasteiger partial charge in [-0.3, -0.25) is 4.57 Å². The molecule has 4 heteroatoms. The van der Waals surface area contributed by atoms with Crippen LogP contribution in [0.25, 0.3) is 5.69 Å². The van der Waals surface area contributed by atoms with Crippen molar-refractivity contribution in [2.24, 2.45) is 0 Å². The third-order valence-electron chi connectivity index (χ3n) is 2.64. The van der Waals surface area contributed by atoms with Gasteiger partial charge in [-0.15, -0.1) is 6.58 Å². The molecular formula is C15H19N3O. The lowest BCUT2D eigenvalue weighted by atomic mass is 10.3. The van der Waals surface area contributed by atoms with Gasteiger partial charge >= 0.3 is 0 Å². The van der Waals surface area contributed by atoms with E-state index in [2.05, 4.69) is 16.9 Å². The zero-order chi connectivity index (χ0) is 13.7. The topological polar surface area (TPSA) is 39.1 Å². The fourth-order valence-corrected chi connectivity index (χ4v) is 1.87. The molecule has 4 nitrogen and oxygen atoms in total. The van der Waals surface area contributed by atoms with Crippen molar-refractivity contribution >= 4 is 5.95 Å². The summed E-state index contributed by atoms with van der Waals surface area (Å²) in [6.45, 7) is 9.00. The third-order valence-corrected chi connectivity index (χ3v) is 2.64. The Morgan fingerprint density at radius 3 is 3.05 bits per heavy atom. The number of ether oxygens (including phenoxy) is 1. The lowest BCUT2D eigenvalue weighted by molar-refractivity contribution is 0.340. The summed E-state index contributed by atoms with van der Waals surface area (Å²) in [5, 5.41) is 3.23.